The molecule has 0 atom stereocenters. The lowest BCUT2D eigenvalue weighted by atomic mass is 10.1. The van der Waals surface area contributed by atoms with Crippen LogP contribution in [0, 0.1) is 0 Å². The molecule has 0 aliphatic carbocycles. The van der Waals surface area contributed by atoms with Gasteiger partial charge in [0.15, 0.2) is 0 Å². The molecule has 2 N–H and O–H groups in total. The van der Waals surface area contributed by atoms with Crippen LogP contribution < -0.4 is 5.73 Å². The molecule has 3 aromatic rings. The van der Waals surface area contributed by atoms with Crippen LogP contribution in [0.5, 0.6) is 0 Å². The summed E-state index contributed by atoms with van der Waals surface area (Å²) in [4.78, 5) is 4.80. The van der Waals surface area contributed by atoms with Gasteiger partial charge in [-0.3, -0.25) is 0 Å². The SMILES string of the molecule is CCCCc1nc2c(N)cccc2n1CCc1ccccc1. The monoisotopic (exact) mass is 293 g/mol. The lowest BCUT2D eigenvalue weighted by Gasteiger charge is -2.09. The van der Waals surface area contributed by atoms with E-state index in [2.05, 4.69) is 47.9 Å². The predicted octanol–water partition coefficient (Wildman–Crippen LogP) is 4.20. The highest BCUT2D eigenvalue weighted by Gasteiger charge is 2.12. The Hall–Kier alpha value is -2.29. The number of benzene rings is 2. The van der Waals surface area contributed by atoms with Gasteiger partial charge in [0, 0.05) is 13.0 Å². The lowest BCUT2D eigenvalue weighted by Crippen LogP contribution is -2.06. The van der Waals surface area contributed by atoms with Crippen LogP contribution in [0.1, 0.15) is 31.2 Å². The summed E-state index contributed by atoms with van der Waals surface area (Å²) in [6.45, 7) is 3.16. The first-order valence-electron chi connectivity index (χ1n) is 8.07. The van der Waals surface area contributed by atoms with Gasteiger partial charge in [-0.25, -0.2) is 4.98 Å². The first-order valence-corrected chi connectivity index (χ1v) is 8.07. The van der Waals surface area contributed by atoms with Gasteiger partial charge in [-0.15, -0.1) is 0 Å². The molecular formula is C19H23N3. The zero-order valence-electron chi connectivity index (χ0n) is 13.1. The smallest absolute Gasteiger partial charge is 0.112 e. The Morgan fingerprint density at radius 3 is 2.59 bits per heavy atom. The topological polar surface area (TPSA) is 43.8 Å². The number of aromatic nitrogens is 2. The van der Waals surface area contributed by atoms with Crippen molar-refractivity contribution in [3.63, 3.8) is 0 Å². The summed E-state index contributed by atoms with van der Waals surface area (Å²) in [5.74, 6) is 1.16. The van der Waals surface area contributed by atoms with E-state index >= 15 is 0 Å². The van der Waals surface area contributed by atoms with Crippen LogP contribution >= 0.6 is 0 Å². The molecule has 0 fully saturated rings. The number of fused-ring (bicyclic) bond motifs is 1. The molecule has 114 valence electrons. The number of nitrogens with two attached hydrogens (primary N) is 1. The maximum atomic E-state index is 6.10. The minimum atomic E-state index is 0.772. The Labute approximate surface area is 131 Å². The Kier molecular flexibility index (Phi) is 4.42. The zero-order valence-corrected chi connectivity index (χ0v) is 13.1. The molecule has 0 aliphatic rings. The highest BCUT2D eigenvalue weighted by Crippen LogP contribution is 2.23. The van der Waals surface area contributed by atoms with Crippen LogP contribution in [0.25, 0.3) is 11.0 Å². The van der Waals surface area contributed by atoms with Gasteiger partial charge in [0.05, 0.1) is 11.2 Å². The molecule has 0 aliphatic heterocycles. The number of imidazole rings is 1. The Morgan fingerprint density at radius 1 is 1.00 bits per heavy atom. The van der Waals surface area contributed by atoms with E-state index in [0.29, 0.717) is 0 Å². The molecule has 3 heteroatoms. The van der Waals surface area contributed by atoms with Gasteiger partial charge in [-0.1, -0.05) is 49.7 Å². The van der Waals surface area contributed by atoms with E-state index in [1.807, 2.05) is 12.1 Å². The quantitative estimate of drug-likeness (QED) is 0.692. The van der Waals surface area contributed by atoms with Gasteiger partial charge in [0.25, 0.3) is 0 Å². The van der Waals surface area contributed by atoms with Crippen LogP contribution in [0.4, 0.5) is 5.69 Å². The molecule has 1 aromatic heterocycles. The van der Waals surface area contributed by atoms with Crippen LogP contribution in [-0.2, 0) is 19.4 Å². The van der Waals surface area contributed by atoms with E-state index in [1.54, 1.807) is 0 Å². The van der Waals surface area contributed by atoms with Gasteiger partial charge >= 0.3 is 0 Å². The molecule has 0 unspecified atom stereocenters. The van der Waals surface area contributed by atoms with Crippen molar-refractivity contribution in [2.75, 3.05) is 5.73 Å². The number of nitrogen functional groups attached to an aromatic ring is 1. The molecule has 2 aromatic carbocycles. The van der Waals surface area contributed by atoms with Crippen molar-refractivity contribution < 1.29 is 0 Å². The van der Waals surface area contributed by atoms with Crippen LogP contribution in [0.3, 0.4) is 0 Å². The van der Waals surface area contributed by atoms with Crippen molar-refractivity contribution in [2.45, 2.75) is 39.2 Å². The van der Waals surface area contributed by atoms with Crippen molar-refractivity contribution in [3.05, 3.63) is 59.9 Å². The molecule has 0 saturated carbocycles. The molecule has 0 radical (unpaired) electrons. The van der Waals surface area contributed by atoms with Crippen molar-refractivity contribution in [1.82, 2.24) is 9.55 Å². The first-order chi connectivity index (χ1) is 10.8. The normalized spacial score (nSPS) is 11.1. The Balaban J connectivity index is 1.93. The van der Waals surface area contributed by atoms with Crippen LogP contribution in [-0.4, -0.2) is 9.55 Å². The minimum absolute atomic E-state index is 0.772. The van der Waals surface area contributed by atoms with Gasteiger partial charge in [0.2, 0.25) is 0 Å². The Bertz CT molecular complexity index is 744. The van der Waals surface area contributed by atoms with Crippen molar-refractivity contribution in [1.29, 1.82) is 0 Å². The molecule has 1 heterocycles. The lowest BCUT2D eigenvalue weighted by molar-refractivity contribution is 0.644. The van der Waals surface area contributed by atoms with Gasteiger partial charge < -0.3 is 10.3 Å². The standard InChI is InChI=1S/C19H23N3/c1-2-3-12-18-21-19-16(20)10-7-11-17(19)22(18)14-13-15-8-5-4-6-9-15/h4-11H,2-3,12-14,20H2,1H3. The fraction of sp³-hybridized carbons (Fsp3) is 0.316. The average molecular weight is 293 g/mol. The summed E-state index contributed by atoms with van der Waals surface area (Å²) >= 11 is 0. The number of rotatable bonds is 6. The fourth-order valence-corrected chi connectivity index (χ4v) is 2.88. The van der Waals surface area contributed by atoms with Gasteiger partial charge in [-0.2, -0.15) is 0 Å². The third-order valence-electron chi connectivity index (χ3n) is 4.11. The summed E-state index contributed by atoms with van der Waals surface area (Å²) in [5, 5.41) is 0. The average Bonchev–Trinajstić information content (AvgIpc) is 2.91. The molecule has 0 bridgehead atoms. The first kappa shape index (κ1) is 14.6. The fourth-order valence-electron chi connectivity index (χ4n) is 2.88. The Morgan fingerprint density at radius 2 is 1.82 bits per heavy atom. The summed E-state index contributed by atoms with van der Waals surface area (Å²) in [6.07, 6.45) is 4.37. The zero-order chi connectivity index (χ0) is 15.4. The summed E-state index contributed by atoms with van der Waals surface area (Å²) < 4.78 is 2.34. The van der Waals surface area contributed by atoms with Crippen molar-refractivity contribution >= 4 is 16.7 Å². The number of unbranched alkanes of at least 4 members (excludes halogenated alkanes) is 1. The molecule has 3 nitrogen and oxygen atoms in total. The molecule has 3 rings (SSSR count). The molecule has 0 amide bonds. The van der Waals surface area contributed by atoms with Crippen LogP contribution in [0.15, 0.2) is 48.5 Å². The van der Waals surface area contributed by atoms with Crippen molar-refractivity contribution in [3.8, 4) is 0 Å². The van der Waals surface area contributed by atoms with E-state index in [-0.39, 0.29) is 0 Å². The molecule has 22 heavy (non-hydrogen) atoms. The number of hydrogen-bond acceptors (Lipinski definition) is 2. The second-order valence-electron chi connectivity index (χ2n) is 5.73. The van der Waals surface area contributed by atoms with Gasteiger partial charge in [0.1, 0.15) is 11.3 Å². The van der Waals surface area contributed by atoms with Crippen LogP contribution in [0.2, 0.25) is 0 Å². The van der Waals surface area contributed by atoms with Crippen molar-refractivity contribution in [2.24, 2.45) is 0 Å². The summed E-state index contributed by atoms with van der Waals surface area (Å²) in [6, 6.07) is 16.7. The van der Waals surface area contributed by atoms with E-state index in [9.17, 15) is 0 Å². The molecular weight excluding hydrogens is 270 g/mol. The third-order valence-corrected chi connectivity index (χ3v) is 4.11. The molecule has 0 spiro atoms. The number of aryl methyl sites for hydroxylation is 3. The number of anilines is 1. The minimum Gasteiger partial charge on any atom is -0.397 e. The van der Waals surface area contributed by atoms with E-state index < -0.39 is 0 Å². The molecule has 0 saturated heterocycles. The second kappa shape index (κ2) is 6.65. The number of hydrogen-bond donors (Lipinski definition) is 1. The summed E-state index contributed by atoms with van der Waals surface area (Å²) in [5.41, 5.74) is 10.3. The van der Waals surface area contributed by atoms with E-state index in [0.717, 1.165) is 48.4 Å². The maximum Gasteiger partial charge on any atom is 0.112 e. The van der Waals surface area contributed by atoms with E-state index in [4.69, 9.17) is 10.7 Å². The predicted molar refractivity (Wildman–Crippen MR) is 92.9 cm³/mol. The highest BCUT2D eigenvalue weighted by atomic mass is 15.1. The number of nitrogens with zero attached hydrogens (tertiary/aromatic N) is 2. The van der Waals surface area contributed by atoms with E-state index in [1.165, 1.54) is 12.0 Å². The maximum absolute atomic E-state index is 6.10. The van der Waals surface area contributed by atoms with Gasteiger partial charge in [-0.05, 0) is 30.5 Å². The highest BCUT2D eigenvalue weighted by molar-refractivity contribution is 5.87. The second-order valence-corrected chi connectivity index (χ2v) is 5.73. The number of para-hydroxylation sites is 1. The largest absolute Gasteiger partial charge is 0.397 e. The third kappa shape index (κ3) is 2.98. The summed E-state index contributed by atoms with van der Waals surface area (Å²) in [7, 11) is 0.